The van der Waals surface area contributed by atoms with E-state index in [2.05, 4.69) is 35.0 Å². The molecule has 0 bridgehead atoms. The lowest BCUT2D eigenvalue weighted by Crippen LogP contribution is -2.16. The van der Waals surface area contributed by atoms with Crippen LogP contribution in [0, 0.1) is 0 Å². The minimum atomic E-state index is 0.181. The smallest absolute Gasteiger partial charge is 0.143 e. The number of nitrogens with zero attached hydrogens (tertiary/aromatic N) is 1. The average Bonchev–Trinajstić information content (AvgIpc) is 2.28. The quantitative estimate of drug-likeness (QED) is 0.593. The van der Waals surface area contributed by atoms with Gasteiger partial charge in [0.25, 0.3) is 0 Å². The van der Waals surface area contributed by atoms with Gasteiger partial charge >= 0.3 is 0 Å². The molecule has 3 heteroatoms. The monoisotopic (exact) mass is 248 g/mol. The molecule has 0 fully saturated rings. The van der Waals surface area contributed by atoms with Crippen molar-refractivity contribution < 1.29 is 4.74 Å². The van der Waals surface area contributed by atoms with Crippen LogP contribution in [0.4, 0.5) is 5.69 Å². The second-order valence-electron chi connectivity index (χ2n) is 4.78. The number of hydrogen-bond donors (Lipinski definition) is 1. The molecule has 100 valence electrons. The maximum atomic E-state index is 5.86. The average molecular weight is 248 g/mol. The second kappa shape index (κ2) is 7.07. The van der Waals surface area contributed by atoms with Gasteiger partial charge in [-0.2, -0.15) is 0 Å². The zero-order valence-electron chi connectivity index (χ0n) is 11.9. The fraction of sp³-hybridized carbons (Fsp3) is 0.467. The summed E-state index contributed by atoms with van der Waals surface area (Å²) in [6.07, 6.45) is 2.04. The highest BCUT2D eigenvalue weighted by Crippen LogP contribution is 2.29. The fourth-order valence-corrected chi connectivity index (χ4v) is 1.70. The van der Waals surface area contributed by atoms with E-state index in [1.165, 1.54) is 5.56 Å². The molecule has 0 saturated heterocycles. The van der Waals surface area contributed by atoms with Crippen LogP contribution in [0.2, 0.25) is 0 Å². The predicted octanol–water partition coefficient (Wildman–Crippen LogP) is 2.82. The molecule has 1 rings (SSSR count). The number of benzene rings is 1. The summed E-state index contributed by atoms with van der Waals surface area (Å²) in [6.45, 7) is 9.42. The first kappa shape index (κ1) is 14.6. The van der Waals surface area contributed by atoms with Crippen molar-refractivity contribution in [3.05, 3.63) is 36.4 Å². The highest BCUT2D eigenvalue weighted by atomic mass is 16.5. The van der Waals surface area contributed by atoms with Crippen LogP contribution in [0.15, 0.2) is 30.9 Å². The summed E-state index contributed by atoms with van der Waals surface area (Å²) in [5, 5.41) is 3.29. The van der Waals surface area contributed by atoms with Crippen molar-refractivity contribution in [2.75, 3.05) is 25.5 Å². The summed E-state index contributed by atoms with van der Waals surface area (Å²) in [6, 6.07) is 6.33. The summed E-state index contributed by atoms with van der Waals surface area (Å²) in [4.78, 5) is 2.07. The van der Waals surface area contributed by atoms with E-state index < -0.39 is 0 Å². The van der Waals surface area contributed by atoms with Crippen LogP contribution in [0.3, 0.4) is 0 Å². The first-order chi connectivity index (χ1) is 8.54. The zero-order chi connectivity index (χ0) is 13.5. The SMILES string of the molecule is C=CCNCc1ccc(N(C)C)c(OC(C)C)c1. The minimum absolute atomic E-state index is 0.181. The fourth-order valence-electron chi connectivity index (χ4n) is 1.70. The third-order valence-electron chi connectivity index (χ3n) is 2.49. The van der Waals surface area contributed by atoms with E-state index in [9.17, 15) is 0 Å². The Morgan fingerprint density at radius 3 is 2.67 bits per heavy atom. The molecule has 0 radical (unpaired) electrons. The molecule has 0 unspecified atom stereocenters. The van der Waals surface area contributed by atoms with Crippen molar-refractivity contribution in [3.63, 3.8) is 0 Å². The number of nitrogens with one attached hydrogen (secondary N) is 1. The lowest BCUT2D eigenvalue weighted by atomic mass is 10.1. The number of rotatable bonds is 7. The molecule has 1 N–H and O–H groups in total. The maximum Gasteiger partial charge on any atom is 0.143 e. The lowest BCUT2D eigenvalue weighted by molar-refractivity contribution is 0.243. The summed E-state index contributed by atoms with van der Waals surface area (Å²) in [5.41, 5.74) is 2.33. The van der Waals surface area contributed by atoms with Crippen molar-refractivity contribution in [1.82, 2.24) is 5.32 Å². The molecule has 1 aromatic rings. The molecule has 0 saturated carbocycles. The van der Waals surface area contributed by atoms with Crippen molar-refractivity contribution in [2.45, 2.75) is 26.5 Å². The Labute approximate surface area is 110 Å². The van der Waals surface area contributed by atoms with E-state index in [0.29, 0.717) is 0 Å². The molecule has 0 heterocycles. The van der Waals surface area contributed by atoms with E-state index in [-0.39, 0.29) is 6.10 Å². The van der Waals surface area contributed by atoms with Crippen molar-refractivity contribution in [1.29, 1.82) is 0 Å². The number of ether oxygens (including phenoxy) is 1. The zero-order valence-corrected chi connectivity index (χ0v) is 11.9. The van der Waals surface area contributed by atoms with Crippen LogP contribution in [-0.2, 0) is 6.54 Å². The standard InChI is InChI=1S/C15H24N2O/c1-6-9-16-11-13-7-8-14(17(4)5)15(10-13)18-12(2)3/h6-8,10,12,16H,1,9,11H2,2-5H3. The van der Waals surface area contributed by atoms with Crippen LogP contribution in [0.1, 0.15) is 19.4 Å². The highest BCUT2D eigenvalue weighted by molar-refractivity contribution is 5.59. The summed E-state index contributed by atoms with van der Waals surface area (Å²) < 4.78 is 5.86. The Bertz CT molecular complexity index is 386. The summed E-state index contributed by atoms with van der Waals surface area (Å²) >= 11 is 0. The topological polar surface area (TPSA) is 24.5 Å². The maximum absolute atomic E-state index is 5.86. The van der Waals surface area contributed by atoms with Crippen LogP contribution in [-0.4, -0.2) is 26.7 Å². The van der Waals surface area contributed by atoms with Gasteiger partial charge in [-0.15, -0.1) is 6.58 Å². The molecular weight excluding hydrogens is 224 g/mol. The van der Waals surface area contributed by atoms with E-state index in [0.717, 1.165) is 24.5 Å². The second-order valence-corrected chi connectivity index (χ2v) is 4.78. The first-order valence-electron chi connectivity index (χ1n) is 6.33. The molecule has 0 amide bonds. The molecule has 0 aromatic heterocycles. The van der Waals surface area contributed by atoms with E-state index >= 15 is 0 Å². The molecular formula is C15H24N2O. The Hall–Kier alpha value is -1.48. The van der Waals surface area contributed by atoms with Gasteiger partial charge in [0.1, 0.15) is 5.75 Å². The Morgan fingerprint density at radius 1 is 1.39 bits per heavy atom. The van der Waals surface area contributed by atoms with Crippen molar-refractivity contribution >= 4 is 5.69 Å². The molecule has 0 atom stereocenters. The van der Waals surface area contributed by atoms with Gasteiger partial charge in [0.15, 0.2) is 0 Å². The molecule has 0 aliphatic heterocycles. The van der Waals surface area contributed by atoms with Crippen LogP contribution >= 0.6 is 0 Å². The van der Waals surface area contributed by atoms with Gasteiger partial charge in [0.05, 0.1) is 11.8 Å². The molecule has 3 nitrogen and oxygen atoms in total. The minimum Gasteiger partial charge on any atom is -0.489 e. The molecule has 0 spiro atoms. The van der Waals surface area contributed by atoms with E-state index in [1.54, 1.807) is 0 Å². The molecule has 1 aromatic carbocycles. The van der Waals surface area contributed by atoms with Crippen LogP contribution < -0.4 is 15.0 Å². The van der Waals surface area contributed by atoms with Crippen molar-refractivity contribution in [2.24, 2.45) is 0 Å². The van der Waals surface area contributed by atoms with Gasteiger partial charge in [0, 0.05) is 27.2 Å². The first-order valence-corrected chi connectivity index (χ1v) is 6.33. The lowest BCUT2D eigenvalue weighted by Gasteiger charge is -2.20. The largest absolute Gasteiger partial charge is 0.489 e. The van der Waals surface area contributed by atoms with Gasteiger partial charge in [-0.25, -0.2) is 0 Å². The summed E-state index contributed by atoms with van der Waals surface area (Å²) in [5.74, 6) is 0.938. The van der Waals surface area contributed by atoms with Gasteiger partial charge < -0.3 is 15.0 Å². The number of hydrogen-bond acceptors (Lipinski definition) is 3. The Kier molecular flexibility index (Phi) is 5.72. The molecule has 0 aliphatic carbocycles. The van der Waals surface area contributed by atoms with Gasteiger partial charge in [-0.3, -0.25) is 0 Å². The molecule has 0 aliphatic rings. The van der Waals surface area contributed by atoms with Crippen LogP contribution in [0.5, 0.6) is 5.75 Å². The summed E-state index contributed by atoms with van der Waals surface area (Å²) in [7, 11) is 4.05. The normalized spacial score (nSPS) is 10.5. The highest BCUT2D eigenvalue weighted by Gasteiger charge is 2.08. The van der Waals surface area contributed by atoms with Crippen LogP contribution in [0.25, 0.3) is 0 Å². The van der Waals surface area contributed by atoms with Gasteiger partial charge in [-0.1, -0.05) is 12.1 Å². The number of anilines is 1. The van der Waals surface area contributed by atoms with E-state index in [4.69, 9.17) is 4.74 Å². The van der Waals surface area contributed by atoms with Crippen molar-refractivity contribution in [3.8, 4) is 5.75 Å². The third kappa shape index (κ3) is 4.41. The Morgan fingerprint density at radius 2 is 2.11 bits per heavy atom. The predicted molar refractivity (Wildman–Crippen MR) is 78.4 cm³/mol. The van der Waals surface area contributed by atoms with Gasteiger partial charge in [-0.05, 0) is 31.5 Å². The molecule has 18 heavy (non-hydrogen) atoms. The van der Waals surface area contributed by atoms with E-state index in [1.807, 2.05) is 34.0 Å². The third-order valence-corrected chi connectivity index (χ3v) is 2.49. The van der Waals surface area contributed by atoms with Gasteiger partial charge in [0.2, 0.25) is 0 Å². The Balaban J connectivity index is 2.86.